The van der Waals surface area contributed by atoms with Crippen molar-refractivity contribution in [2.75, 3.05) is 39.3 Å². The van der Waals surface area contributed by atoms with Gasteiger partial charge in [-0.15, -0.1) is 24.8 Å². The highest BCUT2D eigenvalue weighted by atomic mass is 35.5. The number of rotatable bonds is 2. The number of piperidine rings is 1. The number of hydrogen-bond donors (Lipinski definition) is 1. The third-order valence-electron chi connectivity index (χ3n) is 4.50. The van der Waals surface area contributed by atoms with Crippen LogP contribution in [0, 0.1) is 5.92 Å². The van der Waals surface area contributed by atoms with E-state index in [-0.39, 0.29) is 30.7 Å². The molecular formula is C13H25Cl2N3O. The van der Waals surface area contributed by atoms with E-state index < -0.39 is 0 Å². The van der Waals surface area contributed by atoms with Crippen molar-refractivity contribution < 1.29 is 4.79 Å². The Morgan fingerprint density at radius 3 is 2.26 bits per heavy atom. The molecule has 3 aliphatic rings. The van der Waals surface area contributed by atoms with Gasteiger partial charge in [-0.2, -0.15) is 0 Å². The van der Waals surface area contributed by atoms with E-state index in [0.29, 0.717) is 11.9 Å². The van der Waals surface area contributed by atoms with E-state index in [2.05, 4.69) is 15.1 Å². The van der Waals surface area contributed by atoms with Gasteiger partial charge in [-0.1, -0.05) is 0 Å². The number of nitrogens with zero attached hydrogens (tertiary/aromatic N) is 2. The molecule has 0 aromatic heterocycles. The van der Waals surface area contributed by atoms with Gasteiger partial charge in [-0.3, -0.25) is 9.69 Å². The second kappa shape index (κ2) is 7.67. The minimum atomic E-state index is 0. The van der Waals surface area contributed by atoms with Crippen molar-refractivity contribution in [3.05, 3.63) is 0 Å². The molecule has 1 amide bonds. The molecule has 1 N–H and O–H groups in total. The summed E-state index contributed by atoms with van der Waals surface area (Å²) in [7, 11) is 0. The summed E-state index contributed by atoms with van der Waals surface area (Å²) in [5.41, 5.74) is 0. The standard InChI is InChI=1S/C13H23N3O.2ClH/c17-13(11-8-14-9-11)16-7-3-4-12(10-16)15-5-1-2-6-15;;/h11-12,14H,1-10H2;2*1H. The molecule has 3 rings (SSSR count). The molecule has 3 fully saturated rings. The summed E-state index contributed by atoms with van der Waals surface area (Å²) < 4.78 is 0. The first kappa shape index (κ1) is 17.0. The Kier molecular flexibility index (Phi) is 6.87. The Labute approximate surface area is 128 Å². The molecule has 0 aromatic rings. The molecule has 19 heavy (non-hydrogen) atoms. The molecule has 0 bridgehead atoms. The first-order valence-corrected chi connectivity index (χ1v) is 7.08. The third-order valence-corrected chi connectivity index (χ3v) is 4.50. The van der Waals surface area contributed by atoms with Gasteiger partial charge < -0.3 is 10.2 Å². The van der Waals surface area contributed by atoms with Crippen molar-refractivity contribution in [2.45, 2.75) is 31.7 Å². The second-order valence-corrected chi connectivity index (χ2v) is 5.68. The van der Waals surface area contributed by atoms with E-state index in [1.54, 1.807) is 0 Å². The van der Waals surface area contributed by atoms with Crippen LogP contribution in [0.15, 0.2) is 0 Å². The molecule has 3 saturated heterocycles. The lowest BCUT2D eigenvalue weighted by Gasteiger charge is -2.40. The zero-order chi connectivity index (χ0) is 11.7. The zero-order valence-corrected chi connectivity index (χ0v) is 13.0. The van der Waals surface area contributed by atoms with Crippen LogP contribution in [0.2, 0.25) is 0 Å². The van der Waals surface area contributed by atoms with Crippen LogP contribution in [-0.4, -0.2) is 61.0 Å². The molecule has 3 aliphatic heterocycles. The molecule has 0 saturated carbocycles. The fourth-order valence-corrected chi connectivity index (χ4v) is 3.28. The summed E-state index contributed by atoms with van der Waals surface area (Å²) in [6.07, 6.45) is 5.16. The summed E-state index contributed by atoms with van der Waals surface area (Å²) in [6, 6.07) is 0.642. The summed E-state index contributed by atoms with van der Waals surface area (Å²) in [6.45, 7) is 6.25. The number of nitrogens with one attached hydrogen (secondary N) is 1. The van der Waals surface area contributed by atoms with Crippen LogP contribution in [0.4, 0.5) is 0 Å². The van der Waals surface area contributed by atoms with Gasteiger partial charge >= 0.3 is 0 Å². The van der Waals surface area contributed by atoms with Crippen LogP contribution in [0.3, 0.4) is 0 Å². The molecule has 0 spiro atoms. The van der Waals surface area contributed by atoms with Crippen LogP contribution < -0.4 is 5.32 Å². The highest BCUT2D eigenvalue weighted by molar-refractivity contribution is 5.85. The molecule has 0 aromatic carbocycles. The van der Waals surface area contributed by atoms with Crippen molar-refractivity contribution in [3.63, 3.8) is 0 Å². The van der Waals surface area contributed by atoms with Gasteiger partial charge in [-0.05, 0) is 38.8 Å². The number of carbonyl (C=O) groups is 1. The Balaban J connectivity index is 0.000000902. The van der Waals surface area contributed by atoms with E-state index >= 15 is 0 Å². The molecule has 0 radical (unpaired) electrons. The second-order valence-electron chi connectivity index (χ2n) is 5.68. The zero-order valence-electron chi connectivity index (χ0n) is 11.3. The van der Waals surface area contributed by atoms with Gasteiger partial charge in [0.1, 0.15) is 0 Å². The predicted molar refractivity (Wildman–Crippen MR) is 81.3 cm³/mol. The maximum absolute atomic E-state index is 12.2. The number of hydrogen-bond acceptors (Lipinski definition) is 3. The minimum Gasteiger partial charge on any atom is -0.341 e. The van der Waals surface area contributed by atoms with Crippen LogP contribution >= 0.6 is 24.8 Å². The number of halogens is 2. The highest BCUT2D eigenvalue weighted by Crippen LogP contribution is 2.22. The van der Waals surface area contributed by atoms with Crippen LogP contribution in [0.25, 0.3) is 0 Å². The SMILES string of the molecule is Cl.Cl.O=C(C1CNC1)N1CCCC(N2CCCC2)C1. The first-order valence-electron chi connectivity index (χ1n) is 7.08. The van der Waals surface area contributed by atoms with Crippen molar-refractivity contribution >= 4 is 30.7 Å². The average molecular weight is 310 g/mol. The first-order chi connectivity index (χ1) is 8.34. The Bertz CT molecular complexity index is 294. The predicted octanol–water partition coefficient (Wildman–Crippen LogP) is 1.14. The van der Waals surface area contributed by atoms with E-state index in [0.717, 1.165) is 26.2 Å². The number of amides is 1. The van der Waals surface area contributed by atoms with Gasteiger partial charge in [0.2, 0.25) is 5.91 Å². The van der Waals surface area contributed by atoms with Crippen LogP contribution in [0.5, 0.6) is 0 Å². The molecule has 0 aliphatic carbocycles. The van der Waals surface area contributed by atoms with Crippen molar-refractivity contribution in [2.24, 2.45) is 5.92 Å². The summed E-state index contributed by atoms with van der Waals surface area (Å²) in [4.78, 5) is 16.9. The fourth-order valence-electron chi connectivity index (χ4n) is 3.28. The number of carbonyl (C=O) groups excluding carboxylic acids is 1. The van der Waals surface area contributed by atoms with E-state index in [1.807, 2.05) is 0 Å². The molecule has 1 atom stereocenters. The molecule has 112 valence electrons. The quantitative estimate of drug-likeness (QED) is 0.831. The van der Waals surface area contributed by atoms with Gasteiger partial charge in [0, 0.05) is 32.2 Å². The number of likely N-dealkylation sites (tertiary alicyclic amines) is 2. The van der Waals surface area contributed by atoms with E-state index in [4.69, 9.17) is 0 Å². The monoisotopic (exact) mass is 309 g/mol. The summed E-state index contributed by atoms with van der Waals surface area (Å²) in [5, 5.41) is 3.19. The summed E-state index contributed by atoms with van der Waals surface area (Å²) >= 11 is 0. The Morgan fingerprint density at radius 1 is 1.00 bits per heavy atom. The van der Waals surface area contributed by atoms with E-state index in [9.17, 15) is 4.79 Å². The van der Waals surface area contributed by atoms with Crippen LogP contribution in [-0.2, 0) is 4.79 Å². The molecule has 6 heteroatoms. The largest absolute Gasteiger partial charge is 0.341 e. The maximum atomic E-state index is 12.2. The fraction of sp³-hybridized carbons (Fsp3) is 0.923. The highest BCUT2D eigenvalue weighted by Gasteiger charge is 2.34. The van der Waals surface area contributed by atoms with Crippen molar-refractivity contribution in [1.29, 1.82) is 0 Å². The maximum Gasteiger partial charge on any atom is 0.228 e. The Morgan fingerprint density at radius 2 is 1.68 bits per heavy atom. The summed E-state index contributed by atoms with van der Waals surface area (Å²) in [5.74, 6) is 0.667. The normalized spacial score (nSPS) is 28.2. The molecule has 3 heterocycles. The van der Waals surface area contributed by atoms with Crippen molar-refractivity contribution in [1.82, 2.24) is 15.1 Å². The van der Waals surface area contributed by atoms with Gasteiger partial charge in [0.15, 0.2) is 0 Å². The van der Waals surface area contributed by atoms with Crippen LogP contribution in [0.1, 0.15) is 25.7 Å². The average Bonchev–Trinajstić information content (AvgIpc) is 2.80. The lowest BCUT2D eigenvalue weighted by molar-refractivity contribution is -0.139. The van der Waals surface area contributed by atoms with E-state index in [1.165, 1.54) is 38.8 Å². The Hall–Kier alpha value is -0.0300. The molecule has 1 unspecified atom stereocenters. The lowest BCUT2D eigenvalue weighted by atomic mass is 9.98. The minimum absolute atomic E-state index is 0. The third kappa shape index (κ3) is 3.75. The topological polar surface area (TPSA) is 35.6 Å². The lowest BCUT2D eigenvalue weighted by Crippen LogP contribution is -2.56. The van der Waals surface area contributed by atoms with Gasteiger partial charge in [0.25, 0.3) is 0 Å². The molecule has 4 nitrogen and oxygen atoms in total. The molecular weight excluding hydrogens is 285 g/mol. The van der Waals surface area contributed by atoms with Gasteiger partial charge in [-0.25, -0.2) is 0 Å². The smallest absolute Gasteiger partial charge is 0.228 e. The van der Waals surface area contributed by atoms with Gasteiger partial charge in [0.05, 0.1) is 5.92 Å². The van der Waals surface area contributed by atoms with Crippen molar-refractivity contribution in [3.8, 4) is 0 Å².